The van der Waals surface area contributed by atoms with Gasteiger partial charge in [-0.15, -0.1) is 0 Å². The van der Waals surface area contributed by atoms with Gasteiger partial charge in [0.05, 0.1) is 6.07 Å². The van der Waals surface area contributed by atoms with Crippen LogP contribution in [0.15, 0.2) is 0 Å². The van der Waals surface area contributed by atoms with E-state index >= 15 is 0 Å². The molecule has 1 aliphatic carbocycles. The zero-order chi connectivity index (χ0) is 9.95. The number of rotatable bonds is 2. The minimum atomic E-state index is -3.77. The van der Waals surface area contributed by atoms with E-state index in [1.54, 1.807) is 0 Å². The van der Waals surface area contributed by atoms with Crippen LogP contribution in [0.1, 0.15) is 32.1 Å². The van der Waals surface area contributed by atoms with E-state index in [-0.39, 0.29) is 0 Å². The van der Waals surface area contributed by atoms with Crippen molar-refractivity contribution >= 4 is 10.2 Å². The fourth-order valence-corrected chi connectivity index (χ4v) is 2.46. The molecule has 0 saturated heterocycles. The summed E-state index contributed by atoms with van der Waals surface area (Å²) in [6.45, 7) is 0. The second-order valence-electron chi connectivity index (χ2n) is 3.40. The third kappa shape index (κ3) is 2.95. The SMILES string of the molecule is N#CC1(NS(N)(=O)=O)CCCCC1. The highest BCUT2D eigenvalue weighted by Gasteiger charge is 2.34. The van der Waals surface area contributed by atoms with Crippen LogP contribution in [0.2, 0.25) is 0 Å². The van der Waals surface area contributed by atoms with Crippen molar-refractivity contribution in [2.75, 3.05) is 0 Å². The third-order valence-corrected chi connectivity index (χ3v) is 2.93. The maximum absolute atomic E-state index is 10.8. The van der Waals surface area contributed by atoms with Crippen molar-refractivity contribution in [1.29, 1.82) is 5.26 Å². The molecular weight excluding hydrogens is 190 g/mol. The molecule has 1 fully saturated rings. The second-order valence-corrected chi connectivity index (χ2v) is 4.70. The van der Waals surface area contributed by atoms with Crippen LogP contribution in [0.25, 0.3) is 0 Å². The lowest BCUT2D eigenvalue weighted by Gasteiger charge is -2.30. The molecule has 1 saturated carbocycles. The minimum Gasteiger partial charge on any atom is -0.216 e. The minimum absolute atomic E-state index is 0.555. The van der Waals surface area contributed by atoms with E-state index in [2.05, 4.69) is 4.72 Å². The number of nitrogens with zero attached hydrogens (tertiary/aromatic N) is 1. The summed E-state index contributed by atoms with van der Waals surface area (Å²) in [4.78, 5) is 0. The number of nitrogens with one attached hydrogen (secondary N) is 1. The average Bonchev–Trinajstić information content (AvgIpc) is 2.03. The van der Waals surface area contributed by atoms with Crippen molar-refractivity contribution in [2.45, 2.75) is 37.6 Å². The van der Waals surface area contributed by atoms with E-state index < -0.39 is 15.7 Å². The summed E-state index contributed by atoms with van der Waals surface area (Å²) < 4.78 is 23.8. The molecule has 1 rings (SSSR count). The van der Waals surface area contributed by atoms with Crippen LogP contribution in [0.3, 0.4) is 0 Å². The van der Waals surface area contributed by atoms with Crippen molar-refractivity contribution in [3.63, 3.8) is 0 Å². The second kappa shape index (κ2) is 3.62. The fraction of sp³-hybridized carbons (Fsp3) is 0.857. The lowest BCUT2D eigenvalue weighted by molar-refractivity contribution is 0.338. The first-order chi connectivity index (χ1) is 5.97. The molecule has 0 unspecified atom stereocenters. The van der Waals surface area contributed by atoms with Gasteiger partial charge in [-0.25, -0.2) is 5.14 Å². The zero-order valence-electron chi connectivity index (χ0n) is 7.28. The summed E-state index contributed by atoms with van der Waals surface area (Å²) in [7, 11) is -3.77. The number of nitriles is 1. The highest BCUT2D eigenvalue weighted by molar-refractivity contribution is 7.87. The predicted molar refractivity (Wildman–Crippen MR) is 47.7 cm³/mol. The van der Waals surface area contributed by atoms with Gasteiger partial charge >= 0.3 is 0 Å². The van der Waals surface area contributed by atoms with Crippen LogP contribution in [-0.2, 0) is 10.2 Å². The Bertz CT molecular complexity index is 311. The summed E-state index contributed by atoms with van der Waals surface area (Å²) >= 11 is 0. The van der Waals surface area contributed by atoms with Gasteiger partial charge < -0.3 is 0 Å². The van der Waals surface area contributed by atoms with Crippen molar-refractivity contribution in [3.8, 4) is 6.07 Å². The summed E-state index contributed by atoms with van der Waals surface area (Å²) in [6.07, 6.45) is 3.90. The molecule has 0 spiro atoms. The van der Waals surface area contributed by atoms with Gasteiger partial charge in [-0.2, -0.15) is 18.4 Å². The molecule has 0 aliphatic heterocycles. The molecular formula is C7H13N3O2S. The molecule has 5 nitrogen and oxygen atoms in total. The van der Waals surface area contributed by atoms with E-state index in [4.69, 9.17) is 10.4 Å². The normalized spacial score (nSPS) is 22.2. The van der Waals surface area contributed by atoms with Gasteiger partial charge in [0.2, 0.25) is 0 Å². The molecule has 6 heteroatoms. The van der Waals surface area contributed by atoms with Crippen molar-refractivity contribution in [1.82, 2.24) is 4.72 Å². The molecule has 3 N–H and O–H groups in total. The molecule has 0 bridgehead atoms. The van der Waals surface area contributed by atoms with Gasteiger partial charge in [0.25, 0.3) is 10.2 Å². The Hall–Kier alpha value is -0.640. The highest BCUT2D eigenvalue weighted by atomic mass is 32.2. The Balaban J connectivity index is 2.76. The summed E-state index contributed by atoms with van der Waals surface area (Å²) in [6, 6.07) is 2.00. The Morgan fingerprint density at radius 1 is 1.31 bits per heavy atom. The summed E-state index contributed by atoms with van der Waals surface area (Å²) in [5.41, 5.74) is -0.953. The Kier molecular flexibility index (Phi) is 2.91. The van der Waals surface area contributed by atoms with E-state index in [1.807, 2.05) is 6.07 Å². The molecule has 1 aliphatic rings. The van der Waals surface area contributed by atoms with Gasteiger partial charge in [0.15, 0.2) is 0 Å². The molecule has 0 amide bonds. The molecule has 74 valence electrons. The van der Waals surface area contributed by atoms with Gasteiger partial charge in [-0.3, -0.25) is 0 Å². The van der Waals surface area contributed by atoms with Gasteiger partial charge in [-0.1, -0.05) is 19.3 Å². The van der Waals surface area contributed by atoms with Crippen LogP contribution in [0, 0.1) is 11.3 Å². The first kappa shape index (κ1) is 10.4. The quantitative estimate of drug-likeness (QED) is 0.661. The Labute approximate surface area is 78.1 Å². The Morgan fingerprint density at radius 2 is 1.85 bits per heavy atom. The van der Waals surface area contributed by atoms with Gasteiger partial charge in [0, 0.05) is 0 Å². The smallest absolute Gasteiger partial charge is 0.216 e. The molecule has 0 aromatic carbocycles. The van der Waals surface area contributed by atoms with E-state index in [9.17, 15) is 8.42 Å². The third-order valence-electron chi connectivity index (χ3n) is 2.26. The predicted octanol–water partition coefficient (Wildman–Crippen LogP) is 0.00598. The van der Waals surface area contributed by atoms with Crippen LogP contribution in [0.4, 0.5) is 0 Å². The largest absolute Gasteiger partial charge is 0.275 e. The lowest BCUT2D eigenvalue weighted by Crippen LogP contribution is -2.50. The monoisotopic (exact) mass is 203 g/mol. The molecule has 0 aromatic heterocycles. The average molecular weight is 203 g/mol. The van der Waals surface area contributed by atoms with Crippen molar-refractivity contribution in [3.05, 3.63) is 0 Å². The molecule has 0 heterocycles. The van der Waals surface area contributed by atoms with Crippen LogP contribution in [-0.4, -0.2) is 14.0 Å². The number of hydrogen-bond donors (Lipinski definition) is 2. The number of nitrogens with two attached hydrogens (primary N) is 1. The van der Waals surface area contributed by atoms with E-state index in [1.165, 1.54) is 0 Å². The summed E-state index contributed by atoms with van der Waals surface area (Å²) in [5, 5.41) is 13.7. The maximum Gasteiger partial charge on any atom is 0.275 e. The lowest BCUT2D eigenvalue weighted by atomic mass is 9.84. The standard InChI is InChI=1S/C7H13N3O2S/c8-6-7(10-13(9,11)12)4-2-1-3-5-7/h10H,1-5H2,(H2,9,11,12). The molecule has 0 aromatic rings. The van der Waals surface area contributed by atoms with E-state index in [0.717, 1.165) is 19.3 Å². The van der Waals surface area contributed by atoms with Crippen LogP contribution < -0.4 is 9.86 Å². The molecule has 13 heavy (non-hydrogen) atoms. The number of hydrogen-bond acceptors (Lipinski definition) is 3. The van der Waals surface area contributed by atoms with E-state index in [0.29, 0.717) is 12.8 Å². The van der Waals surface area contributed by atoms with Crippen LogP contribution >= 0.6 is 0 Å². The summed E-state index contributed by atoms with van der Waals surface area (Å²) in [5.74, 6) is 0. The molecule has 0 atom stereocenters. The van der Waals surface area contributed by atoms with Crippen LogP contribution in [0.5, 0.6) is 0 Å². The first-order valence-electron chi connectivity index (χ1n) is 4.20. The van der Waals surface area contributed by atoms with Crippen molar-refractivity contribution in [2.24, 2.45) is 5.14 Å². The van der Waals surface area contributed by atoms with Gasteiger partial charge in [-0.05, 0) is 12.8 Å². The zero-order valence-corrected chi connectivity index (χ0v) is 8.10. The highest BCUT2D eigenvalue weighted by Crippen LogP contribution is 2.27. The van der Waals surface area contributed by atoms with Crippen molar-refractivity contribution < 1.29 is 8.42 Å². The maximum atomic E-state index is 10.8. The Morgan fingerprint density at radius 3 is 2.23 bits per heavy atom. The van der Waals surface area contributed by atoms with Gasteiger partial charge in [0.1, 0.15) is 5.54 Å². The molecule has 0 radical (unpaired) electrons. The first-order valence-corrected chi connectivity index (χ1v) is 5.75. The topological polar surface area (TPSA) is 96.0 Å². The fourth-order valence-electron chi connectivity index (χ4n) is 1.66.